The first-order chi connectivity index (χ1) is 10.6. The van der Waals surface area contributed by atoms with Crippen LogP contribution in [0.4, 0.5) is 5.82 Å². The SMILES string of the molecule is CCCC[C@H](Nc1ccc(C(=O)NCCOC)cn1)C(=O)O. The first-order valence-corrected chi connectivity index (χ1v) is 7.31. The van der Waals surface area contributed by atoms with Gasteiger partial charge < -0.3 is 20.5 Å². The Morgan fingerprint density at radius 3 is 2.73 bits per heavy atom. The number of unbranched alkanes of at least 4 members (excludes halogenated alkanes) is 1. The number of methoxy groups -OCH3 is 1. The number of amides is 1. The highest BCUT2D eigenvalue weighted by Crippen LogP contribution is 2.10. The van der Waals surface area contributed by atoms with Crippen LogP contribution in [-0.4, -0.2) is 48.3 Å². The molecule has 7 heteroatoms. The average molecular weight is 309 g/mol. The lowest BCUT2D eigenvalue weighted by Crippen LogP contribution is -2.30. The number of aliphatic carboxylic acids is 1. The number of carbonyl (C=O) groups is 2. The van der Waals surface area contributed by atoms with E-state index < -0.39 is 12.0 Å². The standard InChI is InChI=1S/C15H23N3O4/c1-3-4-5-12(15(20)21)18-13-7-6-11(10-17-13)14(19)16-8-9-22-2/h6-7,10,12H,3-5,8-9H2,1-2H3,(H,16,19)(H,17,18)(H,20,21)/t12-/m0/s1. The molecule has 1 heterocycles. The normalized spacial score (nSPS) is 11.7. The molecule has 1 aromatic heterocycles. The highest BCUT2D eigenvalue weighted by atomic mass is 16.5. The number of carboxylic acid groups (broad SMARTS) is 1. The summed E-state index contributed by atoms with van der Waals surface area (Å²) in [7, 11) is 1.56. The lowest BCUT2D eigenvalue weighted by Gasteiger charge is -2.14. The summed E-state index contributed by atoms with van der Waals surface area (Å²) in [6.07, 6.45) is 3.71. The summed E-state index contributed by atoms with van der Waals surface area (Å²) >= 11 is 0. The van der Waals surface area contributed by atoms with Crippen LogP contribution in [0.25, 0.3) is 0 Å². The third kappa shape index (κ3) is 6.09. The predicted molar refractivity (Wildman–Crippen MR) is 83.0 cm³/mol. The van der Waals surface area contributed by atoms with Crippen molar-refractivity contribution in [1.82, 2.24) is 10.3 Å². The van der Waals surface area contributed by atoms with Crippen LogP contribution in [0.2, 0.25) is 0 Å². The number of nitrogens with zero attached hydrogens (tertiary/aromatic N) is 1. The number of ether oxygens (including phenoxy) is 1. The van der Waals surface area contributed by atoms with Crippen molar-refractivity contribution in [1.29, 1.82) is 0 Å². The number of hydrogen-bond donors (Lipinski definition) is 3. The van der Waals surface area contributed by atoms with Gasteiger partial charge in [-0.1, -0.05) is 19.8 Å². The second kappa shape index (κ2) is 9.73. The van der Waals surface area contributed by atoms with E-state index in [4.69, 9.17) is 9.84 Å². The van der Waals surface area contributed by atoms with E-state index in [0.717, 1.165) is 12.8 Å². The molecule has 0 fully saturated rings. The summed E-state index contributed by atoms with van der Waals surface area (Å²) in [5.41, 5.74) is 0.419. The van der Waals surface area contributed by atoms with Gasteiger partial charge in [0.25, 0.3) is 5.91 Å². The maximum absolute atomic E-state index is 11.8. The molecule has 0 aliphatic carbocycles. The van der Waals surface area contributed by atoms with E-state index in [1.54, 1.807) is 19.2 Å². The lowest BCUT2D eigenvalue weighted by atomic mass is 10.1. The molecule has 1 aromatic rings. The van der Waals surface area contributed by atoms with Gasteiger partial charge in [-0.05, 0) is 18.6 Å². The van der Waals surface area contributed by atoms with Gasteiger partial charge in [0.05, 0.1) is 12.2 Å². The molecule has 0 unspecified atom stereocenters. The number of aromatic nitrogens is 1. The monoisotopic (exact) mass is 309 g/mol. The summed E-state index contributed by atoms with van der Waals surface area (Å²) in [5, 5.41) is 14.7. The fraction of sp³-hybridized carbons (Fsp3) is 0.533. The third-order valence-corrected chi connectivity index (χ3v) is 3.08. The van der Waals surface area contributed by atoms with E-state index in [1.165, 1.54) is 6.20 Å². The van der Waals surface area contributed by atoms with Crippen LogP contribution >= 0.6 is 0 Å². The Labute approximate surface area is 130 Å². The van der Waals surface area contributed by atoms with Gasteiger partial charge in [0.1, 0.15) is 11.9 Å². The van der Waals surface area contributed by atoms with Gasteiger partial charge in [0.15, 0.2) is 0 Å². The number of hydrogen-bond acceptors (Lipinski definition) is 5. The Hall–Kier alpha value is -2.15. The average Bonchev–Trinajstić information content (AvgIpc) is 2.51. The summed E-state index contributed by atoms with van der Waals surface area (Å²) in [6, 6.07) is 2.54. The van der Waals surface area contributed by atoms with E-state index >= 15 is 0 Å². The number of nitrogens with one attached hydrogen (secondary N) is 2. The number of carboxylic acids is 1. The van der Waals surface area contributed by atoms with Crippen LogP contribution in [0.3, 0.4) is 0 Å². The van der Waals surface area contributed by atoms with Crippen LogP contribution in [0.5, 0.6) is 0 Å². The molecule has 0 saturated heterocycles. The van der Waals surface area contributed by atoms with Crippen LogP contribution in [0, 0.1) is 0 Å². The lowest BCUT2D eigenvalue weighted by molar-refractivity contribution is -0.138. The topological polar surface area (TPSA) is 101 Å². The van der Waals surface area contributed by atoms with Crippen LogP contribution < -0.4 is 10.6 Å². The molecule has 1 amide bonds. The summed E-state index contributed by atoms with van der Waals surface area (Å²) < 4.78 is 4.85. The summed E-state index contributed by atoms with van der Waals surface area (Å²) in [5.74, 6) is -0.703. The zero-order valence-electron chi connectivity index (χ0n) is 13.0. The minimum absolute atomic E-state index is 0.239. The Balaban J connectivity index is 2.59. The molecule has 0 bridgehead atoms. The fourth-order valence-corrected chi connectivity index (χ4v) is 1.83. The van der Waals surface area contributed by atoms with Crippen molar-refractivity contribution in [3.63, 3.8) is 0 Å². The zero-order valence-corrected chi connectivity index (χ0v) is 13.0. The first kappa shape index (κ1) is 17.9. The molecule has 122 valence electrons. The van der Waals surface area contributed by atoms with E-state index in [-0.39, 0.29) is 5.91 Å². The van der Waals surface area contributed by atoms with Crippen molar-refractivity contribution in [2.24, 2.45) is 0 Å². The molecular weight excluding hydrogens is 286 g/mol. The maximum Gasteiger partial charge on any atom is 0.326 e. The predicted octanol–water partition coefficient (Wildman–Crippen LogP) is 1.51. The molecular formula is C15H23N3O4. The van der Waals surface area contributed by atoms with Gasteiger partial charge >= 0.3 is 5.97 Å². The van der Waals surface area contributed by atoms with Crippen molar-refractivity contribution in [3.05, 3.63) is 23.9 Å². The van der Waals surface area contributed by atoms with Crippen molar-refractivity contribution in [2.75, 3.05) is 25.6 Å². The minimum atomic E-state index is -0.906. The second-order valence-corrected chi connectivity index (χ2v) is 4.86. The molecule has 0 aliphatic rings. The van der Waals surface area contributed by atoms with Crippen LogP contribution in [0.1, 0.15) is 36.5 Å². The fourth-order valence-electron chi connectivity index (χ4n) is 1.83. The number of pyridine rings is 1. The van der Waals surface area contributed by atoms with E-state index in [1.807, 2.05) is 6.92 Å². The maximum atomic E-state index is 11.8. The van der Waals surface area contributed by atoms with Crippen molar-refractivity contribution in [3.8, 4) is 0 Å². The van der Waals surface area contributed by atoms with Crippen LogP contribution in [0.15, 0.2) is 18.3 Å². The molecule has 1 atom stereocenters. The van der Waals surface area contributed by atoms with Crippen molar-refractivity contribution >= 4 is 17.7 Å². The highest BCUT2D eigenvalue weighted by molar-refractivity contribution is 5.94. The van der Waals surface area contributed by atoms with Gasteiger partial charge in [-0.25, -0.2) is 9.78 Å². The minimum Gasteiger partial charge on any atom is -0.480 e. The van der Waals surface area contributed by atoms with Gasteiger partial charge in [0.2, 0.25) is 0 Å². The number of anilines is 1. The Bertz CT molecular complexity index is 476. The molecule has 0 radical (unpaired) electrons. The molecule has 22 heavy (non-hydrogen) atoms. The van der Waals surface area contributed by atoms with Gasteiger partial charge in [-0.3, -0.25) is 4.79 Å². The smallest absolute Gasteiger partial charge is 0.326 e. The molecule has 0 aromatic carbocycles. The third-order valence-electron chi connectivity index (χ3n) is 3.08. The molecule has 0 spiro atoms. The summed E-state index contributed by atoms with van der Waals surface area (Å²) in [4.78, 5) is 27.0. The van der Waals surface area contributed by atoms with E-state index in [9.17, 15) is 9.59 Å². The van der Waals surface area contributed by atoms with Gasteiger partial charge in [-0.15, -0.1) is 0 Å². The Kier molecular flexibility index (Phi) is 7.91. The molecule has 7 nitrogen and oxygen atoms in total. The number of rotatable bonds is 10. The van der Waals surface area contributed by atoms with Crippen molar-refractivity contribution < 1.29 is 19.4 Å². The Morgan fingerprint density at radius 2 is 2.18 bits per heavy atom. The quantitative estimate of drug-likeness (QED) is 0.566. The van der Waals surface area contributed by atoms with E-state index in [0.29, 0.717) is 31.0 Å². The van der Waals surface area contributed by atoms with Gasteiger partial charge in [-0.2, -0.15) is 0 Å². The Morgan fingerprint density at radius 1 is 1.41 bits per heavy atom. The largest absolute Gasteiger partial charge is 0.480 e. The van der Waals surface area contributed by atoms with E-state index in [2.05, 4.69) is 15.6 Å². The molecule has 3 N–H and O–H groups in total. The molecule has 0 aliphatic heterocycles. The number of carbonyl (C=O) groups excluding carboxylic acids is 1. The zero-order chi connectivity index (χ0) is 16.4. The van der Waals surface area contributed by atoms with Crippen molar-refractivity contribution in [2.45, 2.75) is 32.2 Å². The van der Waals surface area contributed by atoms with Crippen LogP contribution in [-0.2, 0) is 9.53 Å². The second-order valence-electron chi connectivity index (χ2n) is 4.86. The molecule has 0 saturated carbocycles. The summed E-state index contributed by atoms with van der Waals surface area (Å²) in [6.45, 7) is 2.87. The highest BCUT2D eigenvalue weighted by Gasteiger charge is 2.17. The molecule has 1 rings (SSSR count). The first-order valence-electron chi connectivity index (χ1n) is 7.31. The van der Waals surface area contributed by atoms with Gasteiger partial charge in [0, 0.05) is 19.9 Å².